The second-order valence-electron chi connectivity index (χ2n) is 7.52. The molecule has 0 atom stereocenters. The minimum atomic E-state index is -0.197. The number of halogens is 1. The van der Waals surface area contributed by atoms with E-state index in [0.29, 0.717) is 11.6 Å². The lowest BCUT2D eigenvalue weighted by atomic mass is 10.1. The van der Waals surface area contributed by atoms with Crippen molar-refractivity contribution < 1.29 is 9.53 Å². The van der Waals surface area contributed by atoms with Crippen LogP contribution in [0.5, 0.6) is 0 Å². The second kappa shape index (κ2) is 9.49. The van der Waals surface area contributed by atoms with Crippen molar-refractivity contribution in [2.24, 2.45) is 0 Å². The van der Waals surface area contributed by atoms with Gasteiger partial charge in [0, 0.05) is 56.0 Å². The van der Waals surface area contributed by atoms with E-state index in [1.807, 2.05) is 29.7 Å². The van der Waals surface area contributed by atoms with E-state index in [2.05, 4.69) is 39.2 Å². The average Bonchev–Trinajstić information content (AvgIpc) is 3.11. The number of benzene rings is 1. The van der Waals surface area contributed by atoms with E-state index in [4.69, 9.17) is 16.3 Å². The van der Waals surface area contributed by atoms with E-state index in [1.165, 1.54) is 10.9 Å². The molecule has 1 aliphatic heterocycles. The van der Waals surface area contributed by atoms with Crippen molar-refractivity contribution >= 4 is 34.3 Å². The normalized spacial score (nSPS) is 14.9. The molecule has 0 unspecified atom stereocenters. The number of para-hydroxylation sites is 1. The van der Waals surface area contributed by atoms with Gasteiger partial charge in [-0.1, -0.05) is 29.8 Å². The summed E-state index contributed by atoms with van der Waals surface area (Å²) >= 11 is 5.94. The lowest BCUT2D eigenvalue weighted by Gasteiger charge is -2.35. The van der Waals surface area contributed by atoms with Crippen molar-refractivity contribution in [2.75, 3.05) is 44.2 Å². The molecule has 1 aromatic carbocycles. The number of ether oxygens (including phenoxy) is 1. The zero-order valence-electron chi connectivity index (χ0n) is 17.3. The van der Waals surface area contributed by atoms with Gasteiger partial charge in [0.15, 0.2) is 0 Å². The molecule has 0 aliphatic carbocycles. The number of pyridine rings is 1. The molecular formula is C23H27ClN4O2. The van der Waals surface area contributed by atoms with Gasteiger partial charge in [0.25, 0.3) is 0 Å². The van der Waals surface area contributed by atoms with Gasteiger partial charge in [-0.3, -0.25) is 9.69 Å². The summed E-state index contributed by atoms with van der Waals surface area (Å²) in [6.45, 7) is 7.41. The van der Waals surface area contributed by atoms with Crippen LogP contribution in [0.1, 0.15) is 12.5 Å². The Hall–Kier alpha value is -2.57. The molecule has 0 N–H and O–H groups in total. The number of piperazine rings is 1. The van der Waals surface area contributed by atoms with Crippen molar-refractivity contribution in [1.82, 2.24) is 14.5 Å². The van der Waals surface area contributed by atoms with Crippen molar-refractivity contribution in [1.29, 1.82) is 0 Å². The zero-order valence-corrected chi connectivity index (χ0v) is 18.0. The van der Waals surface area contributed by atoms with Gasteiger partial charge in [0.05, 0.1) is 11.6 Å². The van der Waals surface area contributed by atoms with Crippen LogP contribution in [-0.2, 0) is 22.5 Å². The topological polar surface area (TPSA) is 50.6 Å². The molecule has 1 saturated heterocycles. The van der Waals surface area contributed by atoms with Gasteiger partial charge >= 0.3 is 5.97 Å². The Morgan fingerprint density at radius 2 is 1.93 bits per heavy atom. The fourth-order valence-corrected chi connectivity index (χ4v) is 4.14. The molecular weight excluding hydrogens is 400 g/mol. The minimum Gasteiger partial charge on any atom is -0.465 e. The number of carbonyl (C=O) groups excluding carboxylic acids is 1. The Bertz CT molecular complexity index is 994. The summed E-state index contributed by atoms with van der Waals surface area (Å²) in [5.41, 5.74) is 2.36. The summed E-state index contributed by atoms with van der Waals surface area (Å²) in [4.78, 5) is 21.2. The number of carbonyl (C=O) groups is 1. The third-order valence-electron chi connectivity index (χ3n) is 5.58. The predicted octanol–water partition coefficient (Wildman–Crippen LogP) is 3.62. The summed E-state index contributed by atoms with van der Waals surface area (Å²) in [5, 5.41) is 1.88. The van der Waals surface area contributed by atoms with Gasteiger partial charge in [-0.05, 0) is 37.1 Å². The first-order valence-electron chi connectivity index (χ1n) is 10.5. The molecule has 0 amide bonds. The Morgan fingerprint density at radius 1 is 1.13 bits per heavy atom. The predicted molar refractivity (Wildman–Crippen MR) is 120 cm³/mol. The number of rotatable bonds is 7. The highest BCUT2D eigenvalue weighted by atomic mass is 35.5. The third-order valence-corrected chi connectivity index (χ3v) is 5.80. The number of hydrogen-bond acceptors (Lipinski definition) is 5. The van der Waals surface area contributed by atoms with E-state index in [-0.39, 0.29) is 12.5 Å². The van der Waals surface area contributed by atoms with Crippen LogP contribution in [0.25, 0.3) is 10.9 Å². The molecule has 2 aromatic heterocycles. The van der Waals surface area contributed by atoms with Gasteiger partial charge < -0.3 is 14.2 Å². The largest absolute Gasteiger partial charge is 0.465 e. The number of esters is 1. The molecule has 1 aliphatic rings. The highest BCUT2D eigenvalue weighted by molar-refractivity contribution is 6.30. The molecule has 4 rings (SSSR count). The molecule has 0 bridgehead atoms. The summed E-state index contributed by atoms with van der Waals surface area (Å²) < 4.78 is 7.13. The number of aromatic nitrogens is 2. The fourth-order valence-electron chi connectivity index (χ4n) is 4.03. The van der Waals surface area contributed by atoms with Crippen LogP contribution < -0.4 is 4.90 Å². The summed E-state index contributed by atoms with van der Waals surface area (Å²) in [7, 11) is 0. The molecule has 0 radical (unpaired) electrons. The van der Waals surface area contributed by atoms with E-state index >= 15 is 0 Å². The second-order valence-corrected chi connectivity index (χ2v) is 7.95. The Morgan fingerprint density at radius 3 is 2.67 bits per heavy atom. The average molecular weight is 427 g/mol. The van der Waals surface area contributed by atoms with E-state index in [9.17, 15) is 4.79 Å². The third kappa shape index (κ3) is 4.77. The Labute approximate surface area is 182 Å². The van der Waals surface area contributed by atoms with Crippen molar-refractivity contribution in [3.05, 3.63) is 59.4 Å². The Kier molecular flexibility index (Phi) is 6.55. The first kappa shape index (κ1) is 20.7. The molecule has 158 valence electrons. The molecule has 7 heteroatoms. The van der Waals surface area contributed by atoms with Crippen molar-refractivity contribution in [3.63, 3.8) is 0 Å². The molecule has 1 fully saturated rings. The van der Waals surface area contributed by atoms with Gasteiger partial charge in [-0.15, -0.1) is 0 Å². The molecule has 3 aromatic rings. The van der Waals surface area contributed by atoms with Gasteiger partial charge in [-0.25, -0.2) is 4.98 Å². The Balaban J connectivity index is 1.37. The molecule has 6 nitrogen and oxygen atoms in total. The van der Waals surface area contributed by atoms with Crippen LogP contribution >= 0.6 is 11.6 Å². The van der Waals surface area contributed by atoms with E-state index in [1.54, 1.807) is 6.20 Å². The van der Waals surface area contributed by atoms with Crippen molar-refractivity contribution in [2.45, 2.75) is 19.9 Å². The monoisotopic (exact) mass is 426 g/mol. The quantitative estimate of drug-likeness (QED) is 0.540. The van der Waals surface area contributed by atoms with Gasteiger partial charge in [-0.2, -0.15) is 0 Å². The van der Waals surface area contributed by atoms with Crippen molar-refractivity contribution in [3.8, 4) is 0 Å². The van der Waals surface area contributed by atoms with Crippen LogP contribution in [0.3, 0.4) is 0 Å². The molecule has 0 spiro atoms. The van der Waals surface area contributed by atoms with Crippen LogP contribution in [0, 0.1) is 0 Å². The van der Waals surface area contributed by atoms with Crippen LogP contribution in [-0.4, -0.2) is 59.8 Å². The SMILES string of the molecule is CCOC(=O)Cn1cc(CCN2CCN(c3ccc(Cl)cn3)CC2)c2ccccc21. The number of nitrogens with zero attached hydrogens (tertiary/aromatic N) is 4. The standard InChI is InChI=1S/C23H27ClN4O2/c1-2-30-23(29)17-28-16-18(20-5-3-4-6-21(20)28)9-10-26-11-13-27(14-12-26)22-8-7-19(24)15-25-22/h3-8,15-16H,2,9-14,17H2,1H3. The lowest BCUT2D eigenvalue weighted by molar-refractivity contribution is -0.143. The van der Waals surface area contributed by atoms with Gasteiger partial charge in [0.1, 0.15) is 12.4 Å². The summed E-state index contributed by atoms with van der Waals surface area (Å²) in [6.07, 6.45) is 4.76. The fraction of sp³-hybridized carbons (Fsp3) is 0.391. The highest BCUT2D eigenvalue weighted by Gasteiger charge is 2.19. The first-order chi connectivity index (χ1) is 14.6. The zero-order chi connectivity index (χ0) is 20.9. The van der Waals surface area contributed by atoms with Crippen LogP contribution in [0.15, 0.2) is 48.8 Å². The smallest absolute Gasteiger partial charge is 0.325 e. The lowest BCUT2D eigenvalue weighted by Crippen LogP contribution is -2.47. The van der Waals surface area contributed by atoms with E-state index in [0.717, 1.165) is 50.5 Å². The number of fused-ring (bicyclic) bond motifs is 1. The summed E-state index contributed by atoms with van der Waals surface area (Å²) in [5.74, 6) is 0.790. The maximum atomic E-state index is 12.0. The number of anilines is 1. The first-order valence-corrected chi connectivity index (χ1v) is 10.8. The van der Waals surface area contributed by atoms with Crippen LogP contribution in [0.2, 0.25) is 5.02 Å². The maximum absolute atomic E-state index is 12.0. The molecule has 3 heterocycles. The molecule has 30 heavy (non-hydrogen) atoms. The molecule has 0 saturated carbocycles. The highest BCUT2D eigenvalue weighted by Crippen LogP contribution is 2.23. The van der Waals surface area contributed by atoms with Crippen LogP contribution in [0.4, 0.5) is 5.82 Å². The van der Waals surface area contributed by atoms with E-state index < -0.39 is 0 Å². The summed E-state index contributed by atoms with van der Waals surface area (Å²) in [6, 6.07) is 12.1. The number of hydrogen-bond donors (Lipinski definition) is 0. The minimum absolute atomic E-state index is 0.197. The maximum Gasteiger partial charge on any atom is 0.325 e. The van der Waals surface area contributed by atoms with Gasteiger partial charge in [0.2, 0.25) is 0 Å².